The summed E-state index contributed by atoms with van der Waals surface area (Å²) in [6.07, 6.45) is -5.41. The second-order valence-electron chi connectivity index (χ2n) is 7.50. The molecule has 2 heterocycles. The summed E-state index contributed by atoms with van der Waals surface area (Å²) in [5, 5.41) is -1.74. The molecule has 172 valence electrons. The highest BCUT2D eigenvalue weighted by Crippen LogP contribution is 2.43. The summed E-state index contributed by atoms with van der Waals surface area (Å²) < 4.78 is 98.7. The van der Waals surface area contributed by atoms with Gasteiger partial charge in [0.2, 0.25) is 0 Å². The Morgan fingerprint density at radius 2 is 1.66 bits per heavy atom. The van der Waals surface area contributed by atoms with Crippen LogP contribution in [0.1, 0.15) is 26.3 Å². The van der Waals surface area contributed by atoms with E-state index in [0.29, 0.717) is 18.5 Å². The van der Waals surface area contributed by atoms with Gasteiger partial charge in [0.05, 0.1) is 23.5 Å². The summed E-state index contributed by atoms with van der Waals surface area (Å²) in [5.41, 5.74) is -4.49. The van der Waals surface area contributed by atoms with Gasteiger partial charge in [-0.1, -0.05) is 0 Å². The van der Waals surface area contributed by atoms with Gasteiger partial charge in [-0.2, -0.15) is 13.2 Å². The van der Waals surface area contributed by atoms with E-state index < -0.39 is 71.4 Å². The summed E-state index contributed by atoms with van der Waals surface area (Å²) in [5.74, 6) is -3.24. The van der Waals surface area contributed by atoms with Crippen LogP contribution in [-0.2, 0) is 20.0 Å². The maximum absolute atomic E-state index is 14.9. The summed E-state index contributed by atoms with van der Waals surface area (Å²) in [7, 11) is 0.589. The van der Waals surface area contributed by atoms with E-state index in [1.54, 1.807) is 0 Å². The first-order chi connectivity index (χ1) is 14.5. The van der Waals surface area contributed by atoms with Crippen molar-refractivity contribution < 1.29 is 39.9 Å². The van der Waals surface area contributed by atoms with E-state index >= 15 is 0 Å². The van der Waals surface area contributed by atoms with Gasteiger partial charge in [-0.05, 0) is 32.9 Å². The fourth-order valence-corrected chi connectivity index (χ4v) is 3.88. The molecular formula is C18H13ClF5N3O4S. The quantitative estimate of drug-likeness (QED) is 0.361. The highest BCUT2D eigenvalue weighted by Gasteiger charge is 2.39. The Hall–Kier alpha value is -2.80. The van der Waals surface area contributed by atoms with Crippen LogP contribution in [0.15, 0.2) is 29.6 Å². The first-order valence-corrected chi connectivity index (χ1v) is 10.9. The van der Waals surface area contributed by atoms with Crippen molar-refractivity contribution in [1.82, 2.24) is 14.5 Å². The molecule has 1 aromatic carbocycles. The molecule has 0 fully saturated rings. The van der Waals surface area contributed by atoms with Gasteiger partial charge < -0.3 is 4.74 Å². The van der Waals surface area contributed by atoms with E-state index in [0.717, 1.165) is 0 Å². The van der Waals surface area contributed by atoms with Gasteiger partial charge in [0.1, 0.15) is 11.4 Å². The van der Waals surface area contributed by atoms with E-state index in [1.807, 2.05) is 0 Å². The molecule has 14 heteroatoms. The number of aromatic nitrogens is 3. The van der Waals surface area contributed by atoms with Gasteiger partial charge in [0.25, 0.3) is 9.05 Å². The molecule has 0 spiro atoms. The molecule has 0 saturated carbocycles. The molecule has 7 nitrogen and oxygen atoms in total. The molecule has 0 bridgehead atoms. The number of rotatable bonds is 2. The summed E-state index contributed by atoms with van der Waals surface area (Å²) in [6, 6.07) is 0.623. The van der Waals surface area contributed by atoms with Crippen molar-refractivity contribution >= 4 is 36.7 Å². The third kappa shape index (κ3) is 4.53. The normalized spacial score (nSPS) is 12.9. The largest absolute Gasteiger partial charge is 0.443 e. The third-order valence-electron chi connectivity index (χ3n) is 3.98. The Balaban J connectivity index is 2.53. The van der Waals surface area contributed by atoms with Crippen LogP contribution < -0.4 is 0 Å². The molecular weight excluding hydrogens is 485 g/mol. The zero-order valence-corrected chi connectivity index (χ0v) is 18.0. The number of hydrogen-bond acceptors (Lipinski definition) is 6. The Bertz CT molecular complexity index is 1330. The van der Waals surface area contributed by atoms with Gasteiger partial charge in [0.15, 0.2) is 16.7 Å². The third-order valence-corrected chi connectivity index (χ3v) is 5.25. The first kappa shape index (κ1) is 23.9. The molecule has 0 saturated heterocycles. The zero-order valence-electron chi connectivity index (χ0n) is 16.5. The van der Waals surface area contributed by atoms with Crippen molar-refractivity contribution in [2.75, 3.05) is 0 Å². The molecule has 0 aliphatic heterocycles. The maximum atomic E-state index is 14.9. The molecule has 0 radical (unpaired) electrons. The standard InChI is InChI=1S/C18H13ClF5N3O4S/c1-17(2,3)31-16(28)27-12(32(19,29)30)4-9-13(15-25-6-8(20)7-26-15)10(18(22,23)24)5-11(21)14(9)27/h4-7H,1-3H3. The second-order valence-corrected chi connectivity index (χ2v) is 10.0. The lowest BCUT2D eigenvalue weighted by molar-refractivity contribution is -0.137. The number of alkyl halides is 3. The summed E-state index contributed by atoms with van der Waals surface area (Å²) in [4.78, 5) is 19.7. The molecule has 0 unspecified atom stereocenters. The zero-order chi connectivity index (χ0) is 24.2. The van der Waals surface area contributed by atoms with Crippen LogP contribution >= 0.6 is 10.7 Å². The molecule has 32 heavy (non-hydrogen) atoms. The minimum atomic E-state index is -5.14. The Morgan fingerprint density at radius 1 is 1.09 bits per heavy atom. The fraction of sp³-hybridized carbons (Fsp3) is 0.278. The van der Waals surface area contributed by atoms with Crippen LogP contribution in [0.4, 0.5) is 26.7 Å². The average Bonchev–Trinajstić information content (AvgIpc) is 3.02. The monoisotopic (exact) mass is 497 g/mol. The minimum Gasteiger partial charge on any atom is -0.443 e. The Morgan fingerprint density at radius 3 is 2.12 bits per heavy atom. The number of benzene rings is 1. The number of nitrogens with zero attached hydrogens (tertiary/aromatic N) is 3. The van der Waals surface area contributed by atoms with Crippen molar-refractivity contribution in [2.45, 2.75) is 37.6 Å². The van der Waals surface area contributed by atoms with E-state index in [9.17, 15) is 35.2 Å². The van der Waals surface area contributed by atoms with Crippen molar-refractivity contribution in [3.05, 3.63) is 41.7 Å². The smallest absolute Gasteiger partial charge is 0.420 e. The molecule has 0 aliphatic carbocycles. The molecule has 0 aliphatic rings. The van der Waals surface area contributed by atoms with Crippen LogP contribution in [0.25, 0.3) is 22.3 Å². The topological polar surface area (TPSA) is 91.2 Å². The van der Waals surface area contributed by atoms with Gasteiger partial charge in [0, 0.05) is 21.6 Å². The van der Waals surface area contributed by atoms with Crippen LogP contribution in [0.5, 0.6) is 0 Å². The number of fused-ring (bicyclic) bond motifs is 1. The van der Waals surface area contributed by atoms with Gasteiger partial charge in [-0.25, -0.2) is 36.5 Å². The van der Waals surface area contributed by atoms with E-state index in [-0.39, 0.29) is 10.6 Å². The van der Waals surface area contributed by atoms with Gasteiger partial charge in [-0.3, -0.25) is 0 Å². The van der Waals surface area contributed by atoms with Crippen LogP contribution in [0.2, 0.25) is 0 Å². The predicted octanol–water partition coefficient (Wildman–Crippen LogP) is 5.11. The molecule has 2 aromatic heterocycles. The average molecular weight is 498 g/mol. The number of hydrogen-bond donors (Lipinski definition) is 0. The van der Waals surface area contributed by atoms with Crippen LogP contribution in [-0.4, -0.2) is 34.6 Å². The number of carbonyl (C=O) groups excluding carboxylic acids is 1. The highest BCUT2D eigenvalue weighted by atomic mass is 35.7. The SMILES string of the molecule is CC(C)(C)OC(=O)n1c(S(=O)(=O)Cl)cc2c(-c3ncc(F)cn3)c(C(F)(F)F)cc(F)c21. The minimum absolute atomic E-state index is 0.0515. The van der Waals surface area contributed by atoms with Crippen molar-refractivity contribution in [3.63, 3.8) is 0 Å². The van der Waals surface area contributed by atoms with E-state index in [4.69, 9.17) is 15.4 Å². The lowest BCUT2D eigenvalue weighted by Crippen LogP contribution is -2.28. The van der Waals surface area contributed by atoms with Crippen LogP contribution in [0.3, 0.4) is 0 Å². The van der Waals surface area contributed by atoms with Gasteiger partial charge >= 0.3 is 12.3 Å². The highest BCUT2D eigenvalue weighted by molar-refractivity contribution is 8.13. The molecule has 0 N–H and O–H groups in total. The number of halogens is 6. The van der Waals surface area contributed by atoms with E-state index in [2.05, 4.69) is 9.97 Å². The predicted molar refractivity (Wildman–Crippen MR) is 103 cm³/mol. The molecule has 0 atom stereocenters. The Kier molecular flexibility index (Phi) is 5.71. The fourth-order valence-electron chi connectivity index (χ4n) is 2.90. The summed E-state index contributed by atoms with van der Waals surface area (Å²) in [6.45, 7) is 4.30. The lowest BCUT2D eigenvalue weighted by atomic mass is 10.0. The van der Waals surface area contributed by atoms with Crippen molar-refractivity contribution in [2.24, 2.45) is 0 Å². The van der Waals surface area contributed by atoms with Crippen molar-refractivity contribution in [3.8, 4) is 11.4 Å². The maximum Gasteiger partial charge on any atom is 0.420 e. The van der Waals surface area contributed by atoms with E-state index in [1.165, 1.54) is 20.8 Å². The molecule has 3 rings (SSSR count). The summed E-state index contributed by atoms with van der Waals surface area (Å²) >= 11 is 0. The number of ether oxygens (including phenoxy) is 1. The lowest BCUT2D eigenvalue weighted by Gasteiger charge is -2.21. The molecule has 0 amide bonds. The second kappa shape index (κ2) is 7.66. The first-order valence-electron chi connectivity index (χ1n) is 8.62. The Labute approximate surface area is 182 Å². The molecule has 3 aromatic rings. The van der Waals surface area contributed by atoms with Gasteiger partial charge in [-0.15, -0.1) is 0 Å². The van der Waals surface area contributed by atoms with Crippen LogP contribution in [0, 0.1) is 11.6 Å². The number of carbonyl (C=O) groups is 1. The van der Waals surface area contributed by atoms with Crippen molar-refractivity contribution in [1.29, 1.82) is 0 Å².